The summed E-state index contributed by atoms with van der Waals surface area (Å²) in [5, 5.41) is 13.6. The monoisotopic (exact) mass is 301 g/mol. The summed E-state index contributed by atoms with van der Waals surface area (Å²) in [4.78, 5) is 12.1. The first kappa shape index (κ1) is 14.1. The Morgan fingerprint density at radius 3 is 2.50 bits per heavy atom. The van der Waals surface area contributed by atoms with Crippen molar-refractivity contribution in [2.75, 3.05) is 0 Å². The van der Waals surface area contributed by atoms with Gasteiger partial charge in [-0.25, -0.2) is 4.79 Å². The Morgan fingerprint density at radius 2 is 1.86 bits per heavy atom. The smallest absolute Gasteiger partial charge is 0.407 e. The van der Waals surface area contributed by atoms with Gasteiger partial charge in [0.05, 0.1) is 5.60 Å². The van der Waals surface area contributed by atoms with Gasteiger partial charge in [-0.05, 0) is 55.4 Å². The molecule has 1 amide bonds. The molecule has 4 fully saturated rings. The molecule has 1 unspecified atom stereocenters. The molecule has 0 heterocycles. The Bertz CT molecular complexity index is 543. The fraction of sp³-hybridized carbons (Fsp3) is 0.611. The lowest BCUT2D eigenvalue weighted by molar-refractivity contribution is -0.137. The van der Waals surface area contributed by atoms with Crippen LogP contribution in [-0.4, -0.2) is 22.8 Å². The van der Waals surface area contributed by atoms with Crippen molar-refractivity contribution in [3.05, 3.63) is 35.9 Å². The fourth-order valence-corrected chi connectivity index (χ4v) is 5.12. The molecule has 4 nitrogen and oxygen atoms in total. The summed E-state index contributed by atoms with van der Waals surface area (Å²) in [5.74, 6) is 1.49. The highest BCUT2D eigenvalue weighted by atomic mass is 16.5. The topological polar surface area (TPSA) is 58.6 Å². The molecule has 4 heteroatoms. The van der Waals surface area contributed by atoms with Crippen molar-refractivity contribution in [3.8, 4) is 0 Å². The van der Waals surface area contributed by atoms with Gasteiger partial charge >= 0.3 is 6.09 Å². The van der Waals surface area contributed by atoms with E-state index in [1.54, 1.807) is 0 Å². The highest BCUT2D eigenvalue weighted by molar-refractivity contribution is 5.67. The zero-order chi connectivity index (χ0) is 15.2. The Kier molecular flexibility index (Phi) is 3.37. The van der Waals surface area contributed by atoms with Crippen molar-refractivity contribution >= 4 is 6.09 Å². The van der Waals surface area contributed by atoms with Crippen molar-refractivity contribution in [3.63, 3.8) is 0 Å². The highest BCUT2D eigenvalue weighted by Gasteiger charge is 2.55. The number of rotatable bonds is 3. The summed E-state index contributed by atoms with van der Waals surface area (Å²) in [5.41, 5.74) is 0.542. The second-order valence-electron chi connectivity index (χ2n) is 7.43. The molecular weight excluding hydrogens is 278 g/mol. The predicted molar refractivity (Wildman–Crippen MR) is 82.1 cm³/mol. The first-order valence-electron chi connectivity index (χ1n) is 8.31. The van der Waals surface area contributed by atoms with Crippen LogP contribution >= 0.6 is 0 Å². The van der Waals surface area contributed by atoms with E-state index in [9.17, 15) is 9.90 Å². The van der Waals surface area contributed by atoms with Crippen LogP contribution in [0.1, 0.15) is 37.7 Å². The van der Waals surface area contributed by atoms with Gasteiger partial charge in [0, 0.05) is 6.04 Å². The average molecular weight is 301 g/mol. The largest absolute Gasteiger partial charge is 0.445 e. The van der Waals surface area contributed by atoms with Crippen LogP contribution in [0.3, 0.4) is 0 Å². The fourth-order valence-electron chi connectivity index (χ4n) is 5.12. The number of alkyl carbamates (subject to hydrolysis) is 1. The van der Waals surface area contributed by atoms with Crippen molar-refractivity contribution in [2.45, 2.75) is 50.4 Å². The molecule has 1 aromatic carbocycles. The molecule has 5 atom stereocenters. The Hall–Kier alpha value is -1.55. The van der Waals surface area contributed by atoms with Crippen LogP contribution in [-0.2, 0) is 11.3 Å². The minimum absolute atomic E-state index is 0.181. The minimum atomic E-state index is -0.456. The molecular formula is C18H23NO3. The lowest BCUT2D eigenvalue weighted by atomic mass is 9.52. The second kappa shape index (κ2) is 5.27. The molecule has 22 heavy (non-hydrogen) atoms. The van der Waals surface area contributed by atoms with Crippen molar-refractivity contribution in [1.82, 2.24) is 5.32 Å². The van der Waals surface area contributed by atoms with E-state index in [0.717, 1.165) is 37.7 Å². The SMILES string of the molecule is O=C(N[C@H]1[C@@H]2CC3C[C@H]1C[C@@](O)(C3)C2)OCc1ccccc1. The van der Waals surface area contributed by atoms with Gasteiger partial charge in [-0.15, -0.1) is 0 Å². The summed E-state index contributed by atoms with van der Waals surface area (Å²) in [6, 6.07) is 9.91. The van der Waals surface area contributed by atoms with Gasteiger partial charge in [-0.1, -0.05) is 30.3 Å². The molecule has 4 bridgehead atoms. The predicted octanol–water partition coefficient (Wildman–Crippen LogP) is 2.85. The third-order valence-electron chi connectivity index (χ3n) is 5.74. The standard InChI is InChI=1S/C18H23NO3/c20-17(22-11-12-4-2-1-3-5-12)19-16-14-6-13-7-15(16)10-18(21,8-13)9-14/h1-5,13-16,21H,6-11H2,(H,19,20)/t13?,14-,15+,16+,18-. The number of nitrogens with one attached hydrogen (secondary N) is 1. The van der Waals surface area contributed by atoms with Crippen LogP contribution in [0.15, 0.2) is 30.3 Å². The first-order chi connectivity index (χ1) is 10.6. The molecule has 0 radical (unpaired) electrons. The van der Waals surface area contributed by atoms with Crippen LogP contribution < -0.4 is 5.32 Å². The summed E-state index contributed by atoms with van der Waals surface area (Å²) >= 11 is 0. The van der Waals surface area contributed by atoms with Crippen LogP contribution in [0.25, 0.3) is 0 Å². The Morgan fingerprint density at radius 1 is 1.18 bits per heavy atom. The maximum Gasteiger partial charge on any atom is 0.407 e. The highest BCUT2D eigenvalue weighted by Crippen LogP contribution is 2.55. The molecule has 4 saturated carbocycles. The maximum atomic E-state index is 12.1. The summed E-state index contributed by atoms with van der Waals surface area (Å²) in [7, 11) is 0. The van der Waals surface area contributed by atoms with Crippen LogP contribution in [0, 0.1) is 17.8 Å². The van der Waals surface area contributed by atoms with E-state index in [0.29, 0.717) is 24.4 Å². The van der Waals surface area contributed by atoms with Gasteiger partial charge in [-0.3, -0.25) is 0 Å². The minimum Gasteiger partial charge on any atom is -0.445 e. The van der Waals surface area contributed by atoms with E-state index in [2.05, 4.69) is 5.32 Å². The van der Waals surface area contributed by atoms with Gasteiger partial charge in [0.15, 0.2) is 0 Å². The van der Waals surface area contributed by atoms with Crippen molar-refractivity contribution in [2.24, 2.45) is 17.8 Å². The van der Waals surface area contributed by atoms with Gasteiger partial charge in [0.25, 0.3) is 0 Å². The molecule has 1 aromatic rings. The second-order valence-corrected chi connectivity index (χ2v) is 7.43. The Balaban J connectivity index is 1.35. The summed E-state index contributed by atoms with van der Waals surface area (Å²) in [6.45, 7) is 0.307. The number of carbonyl (C=O) groups excluding carboxylic acids is 1. The van der Waals surface area contributed by atoms with Gasteiger partial charge in [-0.2, -0.15) is 0 Å². The lowest BCUT2D eigenvalue weighted by Gasteiger charge is -2.57. The van der Waals surface area contributed by atoms with Crippen LogP contribution in [0.2, 0.25) is 0 Å². The molecule has 4 aliphatic rings. The zero-order valence-corrected chi connectivity index (χ0v) is 12.7. The number of hydrogen-bond acceptors (Lipinski definition) is 3. The maximum absolute atomic E-state index is 12.1. The molecule has 0 aromatic heterocycles. The van der Waals surface area contributed by atoms with E-state index in [-0.39, 0.29) is 12.1 Å². The van der Waals surface area contributed by atoms with Gasteiger partial charge < -0.3 is 15.2 Å². The molecule has 0 aliphatic heterocycles. The Labute approximate surface area is 130 Å². The number of amides is 1. The third-order valence-corrected chi connectivity index (χ3v) is 5.74. The quantitative estimate of drug-likeness (QED) is 0.902. The van der Waals surface area contributed by atoms with E-state index < -0.39 is 5.60 Å². The molecule has 5 rings (SSSR count). The first-order valence-corrected chi connectivity index (χ1v) is 8.31. The summed E-state index contributed by atoms with van der Waals surface area (Å²) in [6.07, 6.45) is 4.59. The van der Waals surface area contributed by atoms with E-state index >= 15 is 0 Å². The van der Waals surface area contributed by atoms with Crippen molar-refractivity contribution < 1.29 is 14.6 Å². The average Bonchev–Trinajstić information content (AvgIpc) is 2.48. The molecule has 0 saturated heterocycles. The molecule has 2 N–H and O–H groups in total. The molecule has 4 aliphatic carbocycles. The number of benzene rings is 1. The lowest BCUT2D eigenvalue weighted by Crippen LogP contribution is -2.61. The van der Waals surface area contributed by atoms with Crippen LogP contribution in [0.5, 0.6) is 0 Å². The number of hydrogen-bond donors (Lipinski definition) is 2. The number of ether oxygens (including phenoxy) is 1. The number of carbonyl (C=O) groups is 1. The van der Waals surface area contributed by atoms with E-state index in [1.807, 2.05) is 30.3 Å². The third kappa shape index (κ3) is 2.60. The summed E-state index contributed by atoms with van der Waals surface area (Å²) < 4.78 is 5.35. The molecule has 0 spiro atoms. The van der Waals surface area contributed by atoms with E-state index in [4.69, 9.17) is 4.74 Å². The van der Waals surface area contributed by atoms with E-state index in [1.165, 1.54) is 0 Å². The van der Waals surface area contributed by atoms with Gasteiger partial charge in [0.2, 0.25) is 0 Å². The molecule has 118 valence electrons. The van der Waals surface area contributed by atoms with Gasteiger partial charge in [0.1, 0.15) is 6.61 Å². The zero-order valence-electron chi connectivity index (χ0n) is 12.7. The normalized spacial score (nSPS) is 38.8. The number of aliphatic hydroxyl groups is 1. The van der Waals surface area contributed by atoms with Crippen LogP contribution in [0.4, 0.5) is 4.79 Å². The van der Waals surface area contributed by atoms with Crippen molar-refractivity contribution in [1.29, 1.82) is 0 Å².